The van der Waals surface area contributed by atoms with Gasteiger partial charge in [0.05, 0.1) is 7.11 Å². The van der Waals surface area contributed by atoms with E-state index in [9.17, 15) is 9.18 Å². The van der Waals surface area contributed by atoms with E-state index in [-0.39, 0.29) is 5.82 Å². The monoisotopic (exact) mass is 262 g/mol. The molecule has 0 fully saturated rings. The van der Waals surface area contributed by atoms with Crippen molar-refractivity contribution in [1.82, 2.24) is 4.57 Å². The average Bonchev–Trinajstić information content (AvgIpc) is 2.85. The predicted molar refractivity (Wildman–Crippen MR) is 69.4 cm³/mol. The molecule has 2 rings (SSSR count). The molecule has 0 saturated heterocycles. The van der Waals surface area contributed by atoms with Gasteiger partial charge >= 0.3 is 5.97 Å². The first-order valence-corrected chi connectivity index (χ1v) is 5.87. The minimum absolute atomic E-state index is 0.311. The Labute approximate surface area is 110 Å². The third-order valence-electron chi connectivity index (χ3n) is 2.85. The van der Waals surface area contributed by atoms with Gasteiger partial charge in [0.2, 0.25) is 0 Å². The first-order valence-electron chi connectivity index (χ1n) is 5.87. The summed E-state index contributed by atoms with van der Waals surface area (Å²) in [4.78, 5) is 11.3. The molecule has 5 heteroatoms. The van der Waals surface area contributed by atoms with Crippen molar-refractivity contribution in [3.63, 3.8) is 0 Å². The van der Waals surface area contributed by atoms with E-state index in [1.165, 1.54) is 19.2 Å². The topological polar surface area (TPSA) is 57.2 Å². The number of nitrogens with zero attached hydrogens (tertiary/aromatic N) is 1. The van der Waals surface area contributed by atoms with E-state index in [2.05, 4.69) is 4.74 Å². The largest absolute Gasteiger partial charge is 0.468 e. The number of hydrogen-bond donors (Lipinski definition) is 1. The maximum atomic E-state index is 13.2. The van der Waals surface area contributed by atoms with Gasteiger partial charge in [-0.05, 0) is 30.3 Å². The maximum absolute atomic E-state index is 13.2. The number of nitrogens with two attached hydrogens (primary N) is 1. The van der Waals surface area contributed by atoms with Gasteiger partial charge in [0.1, 0.15) is 11.9 Å². The Morgan fingerprint density at radius 3 is 2.89 bits per heavy atom. The van der Waals surface area contributed by atoms with Gasteiger partial charge in [-0.3, -0.25) is 4.79 Å². The molecule has 1 aromatic heterocycles. The Morgan fingerprint density at radius 1 is 1.42 bits per heavy atom. The molecule has 100 valence electrons. The molecule has 0 saturated carbocycles. The van der Waals surface area contributed by atoms with Crippen LogP contribution in [0.1, 0.15) is 5.69 Å². The molecule has 0 bridgehead atoms. The number of rotatable bonds is 4. The van der Waals surface area contributed by atoms with Crippen molar-refractivity contribution in [2.75, 3.05) is 7.11 Å². The highest BCUT2D eigenvalue weighted by Gasteiger charge is 2.16. The highest BCUT2D eigenvalue weighted by atomic mass is 19.1. The molecule has 0 aliphatic heterocycles. The smallest absolute Gasteiger partial charge is 0.323 e. The van der Waals surface area contributed by atoms with E-state index in [4.69, 9.17) is 5.73 Å². The fourth-order valence-corrected chi connectivity index (χ4v) is 1.92. The molecule has 2 N–H and O–H groups in total. The van der Waals surface area contributed by atoms with Crippen LogP contribution in [0.5, 0.6) is 0 Å². The van der Waals surface area contributed by atoms with Gasteiger partial charge < -0.3 is 15.0 Å². The number of ether oxygens (including phenoxy) is 1. The summed E-state index contributed by atoms with van der Waals surface area (Å²) in [6.45, 7) is 0. The first-order chi connectivity index (χ1) is 9.11. The van der Waals surface area contributed by atoms with Gasteiger partial charge in [-0.1, -0.05) is 6.07 Å². The van der Waals surface area contributed by atoms with Crippen LogP contribution in [0.3, 0.4) is 0 Å². The third-order valence-corrected chi connectivity index (χ3v) is 2.85. The summed E-state index contributed by atoms with van der Waals surface area (Å²) in [5.74, 6) is -0.776. The second kappa shape index (κ2) is 5.67. The normalized spacial score (nSPS) is 12.2. The highest BCUT2D eigenvalue weighted by molar-refractivity contribution is 5.75. The van der Waals surface area contributed by atoms with Crippen LogP contribution in [-0.4, -0.2) is 23.7 Å². The minimum Gasteiger partial charge on any atom is -0.468 e. The van der Waals surface area contributed by atoms with Crippen molar-refractivity contribution in [3.05, 3.63) is 54.1 Å². The SMILES string of the molecule is COC(=O)C(N)Cc1cccn1-c1cccc(F)c1. The number of carbonyl (C=O) groups excluding carboxylic acids is 1. The van der Waals surface area contributed by atoms with Crippen molar-refractivity contribution in [3.8, 4) is 5.69 Å². The number of hydrogen-bond acceptors (Lipinski definition) is 3. The molecule has 1 heterocycles. The zero-order valence-electron chi connectivity index (χ0n) is 10.5. The van der Waals surface area contributed by atoms with Crippen LogP contribution in [0.4, 0.5) is 4.39 Å². The average molecular weight is 262 g/mol. The standard InChI is InChI=1S/C14H15FN2O2/c1-19-14(18)13(16)9-12-6-3-7-17(12)11-5-2-4-10(15)8-11/h2-8,13H,9,16H2,1H3. The van der Waals surface area contributed by atoms with E-state index in [0.717, 1.165) is 5.69 Å². The number of methoxy groups -OCH3 is 1. The molecule has 1 aromatic carbocycles. The van der Waals surface area contributed by atoms with E-state index in [0.29, 0.717) is 12.1 Å². The zero-order valence-corrected chi connectivity index (χ0v) is 10.5. The molecular weight excluding hydrogens is 247 g/mol. The fraction of sp³-hybridized carbons (Fsp3) is 0.214. The molecule has 0 amide bonds. The summed E-state index contributed by atoms with van der Waals surface area (Å²) < 4.78 is 19.6. The molecule has 0 aliphatic rings. The lowest BCUT2D eigenvalue weighted by Gasteiger charge is -2.12. The van der Waals surface area contributed by atoms with Crippen molar-refractivity contribution in [2.24, 2.45) is 5.73 Å². The van der Waals surface area contributed by atoms with Crippen LogP contribution in [0.15, 0.2) is 42.6 Å². The Hall–Kier alpha value is -2.14. The zero-order chi connectivity index (χ0) is 13.8. The van der Waals surface area contributed by atoms with E-state index >= 15 is 0 Å². The van der Waals surface area contributed by atoms with Gasteiger partial charge in [0, 0.05) is 24.0 Å². The number of aromatic nitrogens is 1. The van der Waals surface area contributed by atoms with Crippen LogP contribution < -0.4 is 5.73 Å². The van der Waals surface area contributed by atoms with Crippen LogP contribution in [0.2, 0.25) is 0 Å². The highest BCUT2D eigenvalue weighted by Crippen LogP contribution is 2.15. The molecule has 2 aromatic rings. The molecular formula is C14H15FN2O2. The Morgan fingerprint density at radius 2 is 2.21 bits per heavy atom. The number of esters is 1. The summed E-state index contributed by atoms with van der Waals surface area (Å²) in [6, 6.07) is 9.16. The maximum Gasteiger partial charge on any atom is 0.323 e. The van der Waals surface area contributed by atoms with Gasteiger partial charge in [-0.25, -0.2) is 4.39 Å². The van der Waals surface area contributed by atoms with Crippen LogP contribution in [0.25, 0.3) is 5.69 Å². The van der Waals surface area contributed by atoms with E-state index in [1.807, 2.05) is 12.1 Å². The minimum atomic E-state index is -0.729. The number of halogens is 1. The molecule has 1 atom stereocenters. The molecule has 0 radical (unpaired) electrons. The molecule has 4 nitrogen and oxygen atoms in total. The molecule has 0 aliphatic carbocycles. The second-order valence-corrected chi connectivity index (χ2v) is 4.18. The van der Waals surface area contributed by atoms with Gasteiger partial charge in [-0.15, -0.1) is 0 Å². The van der Waals surface area contributed by atoms with Gasteiger partial charge in [0.25, 0.3) is 0 Å². The predicted octanol–water partition coefficient (Wildman–Crippen LogP) is 1.66. The Balaban J connectivity index is 2.25. The Bertz CT molecular complexity index is 580. The fourth-order valence-electron chi connectivity index (χ4n) is 1.92. The van der Waals surface area contributed by atoms with Crippen LogP contribution in [-0.2, 0) is 16.0 Å². The van der Waals surface area contributed by atoms with Crippen molar-refractivity contribution in [2.45, 2.75) is 12.5 Å². The van der Waals surface area contributed by atoms with Crippen LogP contribution in [0, 0.1) is 5.82 Å². The second-order valence-electron chi connectivity index (χ2n) is 4.18. The molecule has 1 unspecified atom stereocenters. The van der Waals surface area contributed by atoms with E-state index in [1.54, 1.807) is 22.9 Å². The van der Waals surface area contributed by atoms with Gasteiger partial charge in [0.15, 0.2) is 0 Å². The summed E-state index contributed by atoms with van der Waals surface area (Å²) >= 11 is 0. The number of benzene rings is 1. The number of carbonyl (C=O) groups is 1. The molecule has 19 heavy (non-hydrogen) atoms. The summed E-state index contributed by atoms with van der Waals surface area (Å²) in [5.41, 5.74) is 7.25. The van der Waals surface area contributed by atoms with Crippen LogP contribution >= 0.6 is 0 Å². The summed E-state index contributed by atoms with van der Waals surface area (Å²) in [5, 5.41) is 0. The van der Waals surface area contributed by atoms with Crippen molar-refractivity contribution < 1.29 is 13.9 Å². The first kappa shape index (κ1) is 13.3. The van der Waals surface area contributed by atoms with Crippen molar-refractivity contribution >= 4 is 5.97 Å². The quantitative estimate of drug-likeness (QED) is 0.852. The lowest BCUT2D eigenvalue weighted by Crippen LogP contribution is -2.34. The lowest BCUT2D eigenvalue weighted by atomic mass is 10.1. The summed E-state index contributed by atoms with van der Waals surface area (Å²) in [6.07, 6.45) is 2.13. The molecule has 0 spiro atoms. The lowest BCUT2D eigenvalue weighted by molar-refractivity contribution is -0.142. The Kier molecular flexibility index (Phi) is 3.97. The third kappa shape index (κ3) is 3.00. The van der Waals surface area contributed by atoms with Gasteiger partial charge in [-0.2, -0.15) is 0 Å². The summed E-state index contributed by atoms with van der Waals surface area (Å²) in [7, 11) is 1.30. The van der Waals surface area contributed by atoms with Crippen molar-refractivity contribution in [1.29, 1.82) is 0 Å². The van der Waals surface area contributed by atoms with E-state index < -0.39 is 12.0 Å².